The fraction of sp³-hybridized carbons (Fsp3) is 0.870. The molecule has 4 unspecified atom stereocenters. The van der Waals surface area contributed by atoms with E-state index in [1.165, 1.54) is 77.0 Å². The van der Waals surface area contributed by atoms with Crippen LogP contribution in [0.25, 0.3) is 0 Å². The molecule has 0 spiro atoms. The fourth-order valence-electron chi connectivity index (χ4n) is 7.25. The van der Waals surface area contributed by atoms with Crippen molar-refractivity contribution < 1.29 is 73.8 Å². The van der Waals surface area contributed by atoms with Gasteiger partial charge >= 0.3 is 11.9 Å². The van der Waals surface area contributed by atoms with Crippen LogP contribution < -0.4 is 0 Å². The molecule has 61 heavy (non-hydrogen) atoms. The number of unbranched alkanes of at least 4 members (excludes halogenated alkanes) is 17. The van der Waals surface area contributed by atoms with Crippen molar-refractivity contribution in [2.75, 3.05) is 26.4 Å². The van der Waals surface area contributed by atoms with Crippen LogP contribution in [0.3, 0.4) is 0 Å². The Hall–Kier alpha value is -2.02. The van der Waals surface area contributed by atoms with Crippen molar-refractivity contribution in [2.45, 2.75) is 229 Å². The Morgan fingerprint density at radius 1 is 0.525 bits per heavy atom. The van der Waals surface area contributed by atoms with Gasteiger partial charge in [0.2, 0.25) is 0 Å². The normalized spacial score (nSPS) is 27.5. The molecule has 0 radical (unpaired) electrons. The molecule has 0 bridgehead atoms. The maximum Gasteiger partial charge on any atom is 0.306 e. The molecule has 2 aliphatic rings. The molecule has 2 aliphatic heterocycles. The zero-order valence-electron chi connectivity index (χ0n) is 37.1. The van der Waals surface area contributed by atoms with Gasteiger partial charge in [0.05, 0.1) is 19.8 Å². The molecule has 0 amide bonds. The molecule has 0 aromatic heterocycles. The predicted molar refractivity (Wildman–Crippen MR) is 229 cm³/mol. The van der Waals surface area contributed by atoms with Gasteiger partial charge in [-0.2, -0.15) is 0 Å². The lowest BCUT2D eigenvalue weighted by Gasteiger charge is -2.42. The number of allylic oxidation sites excluding steroid dienone is 4. The summed E-state index contributed by atoms with van der Waals surface area (Å²) in [4.78, 5) is 25.6. The summed E-state index contributed by atoms with van der Waals surface area (Å²) < 4.78 is 33.4. The molecule has 2 rings (SSSR count). The summed E-state index contributed by atoms with van der Waals surface area (Å²) in [5.41, 5.74) is 0. The van der Waals surface area contributed by atoms with Gasteiger partial charge in [-0.1, -0.05) is 128 Å². The van der Waals surface area contributed by atoms with Gasteiger partial charge < -0.3 is 64.2 Å². The second-order valence-electron chi connectivity index (χ2n) is 16.6. The number of rotatable bonds is 35. The number of ether oxygens (including phenoxy) is 6. The third kappa shape index (κ3) is 23.5. The number of carbonyl (C=O) groups excluding carboxylic acids is 2. The first-order valence-electron chi connectivity index (χ1n) is 23.4. The maximum atomic E-state index is 12.9. The number of hydrogen-bond donors (Lipinski definition) is 7. The van der Waals surface area contributed by atoms with Crippen LogP contribution in [0.5, 0.6) is 0 Å². The van der Waals surface area contributed by atoms with Gasteiger partial charge in [-0.25, -0.2) is 0 Å². The minimum atomic E-state index is -1.77. The highest BCUT2D eigenvalue weighted by molar-refractivity contribution is 5.70. The quantitative estimate of drug-likeness (QED) is 0.0246. The van der Waals surface area contributed by atoms with E-state index in [2.05, 4.69) is 38.2 Å². The van der Waals surface area contributed by atoms with Gasteiger partial charge in [-0.3, -0.25) is 9.59 Å². The lowest BCUT2D eigenvalue weighted by Crippen LogP contribution is -2.61. The molecule has 2 heterocycles. The molecule has 0 aliphatic carbocycles. The molecule has 15 nitrogen and oxygen atoms in total. The van der Waals surface area contributed by atoms with Gasteiger partial charge in [0.1, 0.15) is 55.4 Å². The van der Waals surface area contributed by atoms with E-state index in [1.807, 2.05) is 0 Å². The summed E-state index contributed by atoms with van der Waals surface area (Å²) in [6, 6.07) is 0. The molecule has 2 saturated heterocycles. The Labute approximate surface area is 364 Å². The third-order valence-corrected chi connectivity index (χ3v) is 11.2. The zero-order chi connectivity index (χ0) is 44.7. The van der Waals surface area contributed by atoms with Crippen LogP contribution in [0.2, 0.25) is 0 Å². The second kappa shape index (κ2) is 34.4. The molecule has 0 aromatic rings. The van der Waals surface area contributed by atoms with E-state index in [4.69, 9.17) is 28.4 Å². The summed E-state index contributed by atoms with van der Waals surface area (Å²) in [5, 5.41) is 71.8. The van der Waals surface area contributed by atoms with Crippen molar-refractivity contribution >= 4 is 11.9 Å². The minimum absolute atomic E-state index is 0.125. The van der Waals surface area contributed by atoms with Crippen molar-refractivity contribution in [3.63, 3.8) is 0 Å². The van der Waals surface area contributed by atoms with Crippen LogP contribution in [0.4, 0.5) is 0 Å². The Morgan fingerprint density at radius 3 is 1.56 bits per heavy atom. The second-order valence-corrected chi connectivity index (χ2v) is 16.6. The first kappa shape index (κ1) is 55.1. The molecular weight excluding hydrogens is 792 g/mol. The van der Waals surface area contributed by atoms with Crippen LogP contribution in [-0.2, 0) is 38.0 Å². The topological polar surface area (TPSA) is 231 Å². The third-order valence-electron chi connectivity index (χ3n) is 11.2. The largest absolute Gasteiger partial charge is 0.462 e. The van der Waals surface area contributed by atoms with Crippen LogP contribution in [0.15, 0.2) is 24.3 Å². The number of carbonyl (C=O) groups is 2. The summed E-state index contributed by atoms with van der Waals surface area (Å²) in [7, 11) is 0. The SMILES string of the molecule is CCCCCCCC/C=C/C/C=C/CCCCC(=O)O[C@H](COC(=O)CCCCCCCCCCCC)CO[C@@H]1O[C@H](CO[C@@H]2O[C@H](CO)[C@H](O)C(O)C2O)[C@H](O)C(O)C1O. The molecule has 15 heteroatoms. The van der Waals surface area contributed by atoms with E-state index >= 15 is 0 Å². The fourth-order valence-corrected chi connectivity index (χ4v) is 7.25. The number of hydrogen-bond acceptors (Lipinski definition) is 15. The first-order valence-corrected chi connectivity index (χ1v) is 23.4. The van der Waals surface area contributed by atoms with Crippen LogP contribution in [-0.4, -0.2) is 142 Å². The highest BCUT2D eigenvalue weighted by Gasteiger charge is 2.47. The highest BCUT2D eigenvalue weighted by Crippen LogP contribution is 2.26. The van der Waals surface area contributed by atoms with E-state index in [9.17, 15) is 45.3 Å². The van der Waals surface area contributed by atoms with Crippen molar-refractivity contribution in [3.8, 4) is 0 Å². The lowest BCUT2D eigenvalue weighted by atomic mass is 9.98. The smallest absolute Gasteiger partial charge is 0.306 e. The van der Waals surface area contributed by atoms with Gasteiger partial charge in [-0.15, -0.1) is 0 Å². The van der Waals surface area contributed by atoms with Crippen LogP contribution in [0.1, 0.15) is 162 Å². The van der Waals surface area contributed by atoms with E-state index in [-0.39, 0.29) is 19.4 Å². The van der Waals surface area contributed by atoms with E-state index in [1.54, 1.807) is 0 Å². The summed E-state index contributed by atoms with van der Waals surface area (Å²) in [6.07, 6.45) is 15.1. The van der Waals surface area contributed by atoms with Gasteiger partial charge in [0.25, 0.3) is 0 Å². The Bertz CT molecular complexity index is 1170. The molecule has 0 saturated carbocycles. The van der Waals surface area contributed by atoms with Gasteiger partial charge in [-0.05, 0) is 44.9 Å². The minimum Gasteiger partial charge on any atom is -0.462 e. The number of esters is 2. The molecule has 356 valence electrons. The molecule has 7 N–H and O–H groups in total. The van der Waals surface area contributed by atoms with E-state index in [0.717, 1.165) is 44.9 Å². The number of aliphatic hydroxyl groups is 7. The Balaban J connectivity index is 1.87. The van der Waals surface area contributed by atoms with E-state index in [0.29, 0.717) is 12.8 Å². The summed E-state index contributed by atoms with van der Waals surface area (Å²) in [6.45, 7) is 2.52. The molecule has 0 aromatic carbocycles. The van der Waals surface area contributed by atoms with Crippen LogP contribution >= 0.6 is 0 Å². The van der Waals surface area contributed by atoms with Gasteiger partial charge in [0.15, 0.2) is 18.7 Å². The monoisotopic (exact) mass is 875 g/mol. The lowest BCUT2D eigenvalue weighted by molar-refractivity contribution is -0.332. The number of aliphatic hydroxyl groups excluding tert-OH is 7. The van der Waals surface area contributed by atoms with Gasteiger partial charge in [0, 0.05) is 12.8 Å². The van der Waals surface area contributed by atoms with Crippen LogP contribution in [0, 0.1) is 0 Å². The van der Waals surface area contributed by atoms with Crippen molar-refractivity contribution in [1.82, 2.24) is 0 Å². The van der Waals surface area contributed by atoms with E-state index < -0.39 is 99.3 Å². The Kier molecular flexibility index (Phi) is 31.1. The average molecular weight is 875 g/mol. The summed E-state index contributed by atoms with van der Waals surface area (Å²) >= 11 is 0. The Morgan fingerprint density at radius 2 is 0.984 bits per heavy atom. The van der Waals surface area contributed by atoms with Crippen molar-refractivity contribution in [3.05, 3.63) is 24.3 Å². The molecular formula is C46H82O15. The zero-order valence-corrected chi connectivity index (χ0v) is 37.1. The van der Waals surface area contributed by atoms with Crippen molar-refractivity contribution in [1.29, 1.82) is 0 Å². The molecule has 11 atom stereocenters. The first-order chi connectivity index (χ1) is 29.5. The standard InChI is InChI=1S/C46H82O15/c1-3-5-7-9-11-13-15-16-17-18-19-21-23-25-27-29-38(49)59-34(31-56-37(48)28-26-24-22-20-14-12-10-8-6-4-2)32-57-45-44(55)42(53)40(51)36(61-45)33-58-46-43(54)41(52)39(50)35(30-47)60-46/h16-17,19,21,34-36,39-47,50-55H,3-15,18,20,22-33H2,1-2H3/b17-16+,21-19+/t34-,35-,36-,39+,40+,41?,42?,43?,44?,45-,46-/m1/s1. The highest BCUT2D eigenvalue weighted by atomic mass is 16.7. The average Bonchev–Trinajstić information content (AvgIpc) is 3.25. The predicted octanol–water partition coefficient (Wildman–Crippen LogP) is 5.21. The molecule has 2 fully saturated rings. The maximum absolute atomic E-state index is 12.9. The van der Waals surface area contributed by atoms with Crippen molar-refractivity contribution in [2.24, 2.45) is 0 Å². The summed E-state index contributed by atoms with van der Waals surface area (Å²) in [5.74, 6) is -0.963.